The smallest absolute Gasteiger partial charge is 0.277 e. The molecule has 0 unspecified atom stereocenters. The number of unbranched alkanes of at least 4 members (excludes halogenated alkanes) is 3. The van der Waals surface area contributed by atoms with Crippen LogP contribution in [0.4, 0.5) is 11.4 Å². The Labute approximate surface area is 172 Å². The number of benzene rings is 2. The highest BCUT2D eigenvalue weighted by atomic mass is 16.6. The van der Waals surface area contributed by atoms with Crippen LogP contribution >= 0.6 is 0 Å². The summed E-state index contributed by atoms with van der Waals surface area (Å²) in [5.41, 5.74) is 1.55. The van der Waals surface area contributed by atoms with Gasteiger partial charge in [0.15, 0.2) is 0 Å². The van der Waals surface area contributed by atoms with Gasteiger partial charge in [0, 0.05) is 12.1 Å². The van der Waals surface area contributed by atoms with Crippen molar-refractivity contribution in [2.45, 2.75) is 32.6 Å². The number of nitrogens with zero attached hydrogens (tertiary/aromatic N) is 3. The second-order valence-electron chi connectivity index (χ2n) is 6.43. The quantitative estimate of drug-likeness (QED) is 0.253. The molecule has 2 aromatic carbocycles. The van der Waals surface area contributed by atoms with E-state index in [0.717, 1.165) is 36.8 Å². The summed E-state index contributed by atoms with van der Waals surface area (Å²) in [6.07, 6.45) is 5.87. The molecule has 10 nitrogen and oxygen atoms in total. The Hall–Kier alpha value is -3.82. The van der Waals surface area contributed by atoms with Crippen LogP contribution in [-0.4, -0.2) is 28.6 Å². The van der Waals surface area contributed by atoms with E-state index < -0.39 is 27.1 Å². The molecule has 2 rings (SSSR count). The Balaban J connectivity index is 1.94. The molecule has 0 radical (unpaired) electrons. The topological polar surface area (TPSA) is 137 Å². The first kappa shape index (κ1) is 22.5. The van der Waals surface area contributed by atoms with Gasteiger partial charge >= 0.3 is 0 Å². The number of rotatable bonds is 11. The van der Waals surface area contributed by atoms with E-state index >= 15 is 0 Å². The van der Waals surface area contributed by atoms with Crippen LogP contribution in [0.15, 0.2) is 47.6 Å². The largest absolute Gasteiger partial charge is 0.494 e. The number of hydrazone groups is 1. The van der Waals surface area contributed by atoms with Crippen LogP contribution in [0.1, 0.15) is 48.5 Å². The van der Waals surface area contributed by atoms with Crippen LogP contribution in [0.3, 0.4) is 0 Å². The van der Waals surface area contributed by atoms with Gasteiger partial charge in [0.2, 0.25) is 0 Å². The van der Waals surface area contributed by atoms with Gasteiger partial charge < -0.3 is 4.74 Å². The fraction of sp³-hybridized carbons (Fsp3) is 0.300. The molecule has 0 spiro atoms. The van der Waals surface area contributed by atoms with Gasteiger partial charge in [-0.25, -0.2) is 5.43 Å². The fourth-order valence-corrected chi connectivity index (χ4v) is 2.54. The minimum Gasteiger partial charge on any atom is -0.494 e. The second kappa shape index (κ2) is 11.2. The van der Waals surface area contributed by atoms with Crippen molar-refractivity contribution in [1.29, 1.82) is 0 Å². The van der Waals surface area contributed by atoms with Gasteiger partial charge in [0.05, 0.1) is 34.3 Å². The van der Waals surface area contributed by atoms with Gasteiger partial charge in [0.1, 0.15) is 5.75 Å². The molecule has 0 heterocycles. The fourth-order valence-electron chi connectivity index (χ4n) is 2.54. The molecule has 0 aliphatic carbocycles. The summed E-state index contributed by atoms with van der Waals surface area (Å²) < 4.78 is 5.64. The van der Waals surface area contributed by atoms with Crippen molar-refractivity contribution in [1.82, 2.24) is 5.43 Å². The first-order chi connectivity index (χ1) is 14.4. The van der Waals surface area contributed by atoms with Gasteiger partial charge in [-0.2, -0.15) is 5.10 Å². The van der Waals surface area contributed by atoms with E-state index in [2.05, 4.69) is 17.5 Å². The lowest BCUT2D eigenvalue weighted by molar-refractivity contribution is -0.394. The van der Waals surface area contributed by atoms with Crippen LogP contribution in [-0.2, 0) is 0 Å². The van der Waals surface area contributed by atoms with Crippen molar-refractivity contribution in [2.24, 2.45) is 5.10 Å². The third-order valence-corrected chi connectivity index (χ3v) is 4.11. The summed E-state index contributed by atoms with van der Waals surface area (Å²) in [5.74, 6) is -0.0679. The van der Waals surface area contributed by atoms with Gasteiger partial charge in [-0.15, -0.1) is 0 Å². The molecule has 1 N–H and O–H groups in total. The molecule has 0 saturated carbocycles. The molecule has 0 aromatic heterocycles. The number of hydrogen-bond donors (Lipinski definition) is 1. The number of nitrogens with one attached hydrogen (secondary N) is 1. The van der Waals surface area contributed by atoms with E-state index in [9.17, 15) is 25.0 Å². The molecule has 0 aliphatic heterocycles. The number of hydrogen-bond acceptors (Lipinski definition) is 7. The van der Waals surface area contributed by atoms with Gasteiger partial charge in [0.25, 0.3) is 17.3 Å². The van der Waals surface area contributed by atoms with E-state index in [-0.39, 0.29) is 5.56 Å². The number of amides is 1. The van der Waals surface area contributed by atoms with Crippen molar-refractivity contribution in [3.8, 4) is 5.75 Å². The van der Waals surface area contributed by atoms with E-state index in [1.165, 1.54) is 19.1 Å². The Morgan fingerprint density at radius 2 is 1.67 bits per heavy atom. The maximum absolute atomic E-state index is 12.1. The lowest BCUT2D eigenvalue weighted by atomic mass is 10.1. The van der Waals surface area contributed by atoms with Crippen molar-refractivity contribution in [3.63, 3.8) is 0 Å². The molecule has 0 fully saturated rings. The lowest BCUT2D eigenvalue weighted by Crippen LogP contribution is -2.18. The number of non-ortho nitro benzene ring substituents is 2. The van der Waals surface area contributed by atoms with Crippen LogP contribution in [0.25, 0.3) is 0 Å². The number of ether oxygens (including phenoxy) is 1. The van der Waals surface area contributed by atoms with Crippen LogP contribution in [0, 0.1) is 20.2 Å². The zero-order valence-electron chi connectivity index (χ0n) is 16.4. The summed E-state index contributed by atoms with van der Waals surface area (Å²) in [4.78, 5) is 32.3. The third-order valence-electron chi connectivity index (χ3n) is 4.11. The first-order valence-electron chi connectivity index (χ1n) is 9.41. The highest BCUT2D eigenvalue weighted by molar-refractivity contribution is 5.96. The molecule has 30 heavy (non-hydrogen) atoms. The molecule has 0 atom stereocenters. The van der Waals surface area contributed by atoms with Crippen molar-refractivity contribution in [3.05, 3.63) is 73.8 Å². The monoisotopic (exact) mass is 414 g/mol. The Bertz CT molecular complexity index is 895. The van der Waals surface area contributed by atoms with Gasteiger partial charge in [-0.05, 0) is 36.2 Å². The molecule has 158 valence electrons. The molecule has 2 aromatic rings. The summed E-state index contributed by atoms with van der Waals surface area (Å²) in [7, 11) is 0. The summed E-state index contributed by atoms with van der Waals surface area (Å²) in [6, 6.07) is 9.77. The first-order valence-corrected chi connectivity index (χ1v) is 9.41. The number of carbonyl (C=O) groups excluding carboxylic acids is 1. The van der Waals surface area contributed by atoms with Crippen molar-refractivity contribution >= 4 is 23.5 Å². The summed E-state index contributed by atoms with van der Waals surface area (Å²) in [6.45, 7) is 2.80. The minimum atomic E-state index is -0.805. The number of carbonyl (C=O) groups is 1. The van der Waals surface area contributed by atoms with Crippen LogP contribution < -0.4 is 10.2 Å². The second-order valence-corrected chi connectivity index (χ2v) is 6.43. The van der Waals surface area contributed by atoms with E-state index in [1.54, 1.807) is 24.3 Å². The zero-order valence-corrected chi connectivity index (χ0v) is 16.4. The maximum atomic E-state index is 12.1. The van der Waals surface area contributed by atoms with Gasteiger partial charge in [-0.1, -0.05) is 26.2 Å². The summed E-state index contributed by atoms with van der Waals surface area (Å²) >= 11 is 0. The Morgan fingerprint density at radius 3 is 2.23 bits per heavy atom. The minimum absolute atomic E-state index is 0.236. The Kier molecular flexibility index (Phi) is 8.42. The van der Waals surface area contributed by atoms with E-state index in [1.807, 2.05) is 0 Å². The van der Waals surface area contributed by atoms with E-state index in [4.69, 9.17) is 4.74 Å². The SMILES string of the molecule is CCCCCCOc1ccc(/C=N\NC(=O)c2cc([N+](=O)[O-])cc([N+](=O)[O-])c2)cc1. The molecule has 10 heteroatoms. The third kappa shape index (κ3) is 6.97. The lowest BCUT2D eigenvalue weighted by Gasteiger charge is -2.06. The molecule has 1 amide bonds. The van der Waals surface area contributed by atoms with Crippen LogP contribution in [0.5, 0.6) is 5.75 Å². The normalized spacial score (nSPS) is 10.7. The average Bonchev–Trinajstić information content (AvgIpc) is 2.74. The molecule has 0 saturated heterocycles. The predicted molar refractivity (Wildman–Crippen MR) is 111 cm³/mol. The molecular formula is C20H22N4O6. The van der Waals surface area contributed by atoms with Crippen molar-refractivity contribution in [2.75, 3.05) is 6.61 Å². The molecular weight excluding hydrogens is 392 g/mol. The summed E-state index contributed by atoms with van der Waals surface area (Å²) in [5, 5.41) is 25.6. The number of nitro groups is 2. The zero-order chi connectivity index (χ0) is 21.9. The number of nitro benzene ring substituents is 2. The molecule has 0 bridgehead atoms. The van der Waals surface area contributed by atoms with Crippen molar-refractivity contribution < 1.29 is 19.4 Å². The highest BCUT2D eigenvalue weighted by Crippen LogP contribution is 2.22. The average molecular weight is 414 g/mol. The van der Waals surface area contributed by atoms with Crippen LogP contribution in [0.2, 0.25) is 0 Å². The van der Waals surface area contributed by atoms with Gasteiger partial charge in [-0.3, -0.25) is 25.0 Å². The standard InChI is InChI=1S/C20H22N4O6/c1-2-3-4-5-10-30-19-8-6-15(7-9-19)14-21-22-20(25)16-11-17(23(26)27)13-18(12-16)24(28)29/h6-9,11-14H,2-5,10H2,1H3,(H,22,25)/b21-14-. The maximum Gasteiger partial charge on any atom is 0.277 e. The van der Waals surface area contributed by atoms with E-state index in [0.29, 0.717) is 12.2 Å². The highest BCUT2D eigenvalue weighted by Gasteiger charge is 2.19. The predicted octanol–water partition coefficient (Wildman–Crippen LogP) is 4.23. The Morgan fingerprint density at radius 1 is 1.03 bits per heavy atom. The molecule has 0 aliphatic rings.